The van der Waals surface area contributed by atoms with Gasteiger partial charge in [-0.15, -0.1) is 0 Å². The Morgan fingerprint density at radius 3 is 1.64 bits per heavy atom. The summed E-state index contributed by atoms with van der Waals surface area (Å²) in [5.74, 6) is -4.87. The highest BCUT2D eigenvalue weighted by Crippen LogP contribution is 2.28. The van der Waals surface area contributed by atoms with Gasteiger partial charge in [-0.2, -0.15) is 4.99 Å². The van der Waals surface area contributed by atoms with Crippen LogP contribution in [0.1, 0.15) is 48.8 Å². The molecular weight excluding hydrogens is 1110 g/mol. The third-order valence-electron chi connectivity index (χ3n) is 13.0. The highest BCUT2D eigenvalue weighted by molar-refractivity contribution is 5.93. The van der Waals surface area contributed by atoms with Crippen LogP contribution >= 0.6 is 0 Å². The molecule has 28 nitrogen and oxygen atoms in total. The van der Waals surface area contributed by atoms with Gasteiger partial charge in [-0.1, -0.05) is 61.5 Å². The van der Waals surface area contributed by atoms with Gasteiger partial charge in [0, 0.05) is 91.5 Å². The Bertz CT molecular complexity index is 2530. The van der Waals surface area contributed by atoms with Crippen LogP contribution in [0.25, 0.3) is 0 Å². The minimum Gasteiger partial charge on any atom is -0.508 e. The van der Waals surface area contributed by atoms with Gasteiger partial charge in [-0.25, -0.2) is 4.79 Å². The summed E-state index contributed by atoms with van der Waals surface area (Å²) in [6.45, 7) is 5.94. The van der Waals surface area contributed by atoms with E-state index in [9.17, 15) is 58.8 Å². The van der Waals surface area contributed by atoms with E-state index in [1.165, 1.54) is 12.1 Å². The zero-order valence-electron chi connectivity index (χ0n) is 48.3. The Hall–Kier alpha value is -7.99. The summed E-state index contributed by atoms with van der Waals surface area (Å²) in [4.78, 5) is 110. The summed E-state index contributed by atoms with van der Waals surface area (Å²) in [7, 11) is 0. The Labute approximate surface area is 494 Å². The molecule has 12 N–H and O–H groups in total. The van der Waals surface area contributed by atoms with E-state index in [1.54, 1.807) is 58.0 Å². The highest BCUT2D eigenvalue weighted by atomic mass is 16.6. The van der Waals surface area contributed by atoms with Gasteiger partial charge in [0.25, 0.3) is 0 Å². The Balaban J connectivity index is 1.20. The molecule has 0 aromatic heterocycles. The van der Waals surface area contributed by atoms with Crippen LogP contribution in [-0.2, 0) is 54.3 Å². The van der Waals surface area contributed by atoms with Crippen molar-refractivity contribution in [2.24, 2.45) is 10.7 Å². The van der Waals surface area contributed by atoms with Gasteiger partial charge in [-0.3, -0.25) is 53.2 Å². The number of carboxylic acid groups (broad SMARTS) is 3. The molecule has 0 aliphatic carbocycles. The SMILES string of the molecule is CCC(=O)NCCNC(=O)/N=C(/N)NCCC[C@@H](NC(=O)[C@@H](c1ccccc1)c1cccc(OCCOCCOCCOCCNC(=O)CN2CCN(CC(=O)O)CCN(CC(=O)O)CCN(CC(=O)O)CC2)c1)C(=O)NCc1ccc(O)cc1. The summed E-state index contributed by atoms with van der Waals surface area (Å²) in [6, 6.07) is 20.9. The lowest BCUT2D eigenvalue weighted by Gasteiger charge is -2.32. The third-order valence-corrected chi connectivity index (χ3v) is 13.0. The number of guanidine groups is 1. The molecule has 1 fully saturated rings. The number of hydrogen-bond donors (Lipinski definition) is 11. The number of aliphatic imine (C=N–C) groups is 1. The van der Waals surface area contributed by atoms with Gasteiger partial charge < -0.3 is 77.0 Å². The Kier molecular flexibility index (Phi) is 33.0. The van der Waals surface area contributed by atoms with Gasteiger partial charge in [0.05, 0.1) is 71.7 Å². The lowest BCUT2D eigenvalue weighted by atomic mass is 9.90. The molecule has 4 rings (SSSR count). The first-order valence-corrected chi connectivity index (χ1v) is 28.3. The second kappa shape index (κ2) is 40.3. The van der Waals surface area contributed by atoms with Crippen molar-refractivity contribution < 1.29 is 77.7 Å². The largest absolute Gasteiger partial charge is 0.508 e. The minimum absolute atomic E-state index is 0.0108. The van der Waals surface area contributed by atoms with Crippen LogP contribution in [0.4, 0.5) is 4.79 Å². The van der Waals surface area contributed by atoms with E-state index in [4.69, 9.17) is 24.7 Å². The van der Waals surface area contributed by atoms with Gasteiger partial charge in [0.2, 0.25) is 23.6 Å². The number of urea groups is 1. The molecule has 3 aromatic carbocycles. The van der Waals surface area contributed by atoms with Crippen LogP contribution in [0.3, 0.4) is 0 Å². The van der Waals surface area contributed by atoms with Gasteiger partial charge in [0.1, 0.15) is 24.1 Å². The first-order chi connectivity index (χ1) is 41.0. The van der Waals surface area contributed by atoms with E-state index in [0.29, 0.717) is 55.9 Å². The first kappa shape index (κ1) is 69.5. The number of phenolic OH excluding ortho intramolecular Hbond substituents is 1. The van der Waals surface area contributed by atoms with Crippen LogP contribution in [-0.4, -0.2) is 251 Å². The topological polar surface area (TPSA) is 378 Å². The molecule has 3 aromatic rings. The van der Waals surface area contributed by atoms with Crippen molar-refractivity contribution in [2.45, 2.75) is 44.7 Å². The second-order valence-electron chi connectivity index (χ2n) is 19.7. The molecule has 2 atom stereocenters. The van der Waals surface area contributed by atoms with Crippen molar-refractivity contribution in [3.63, 3.8) is 0 Å². The number of ether oxygens (including phenoxy) is 4. The fraction of sp³-hybridized carbons (Fsp3) is 0.526. The fourth-order valence-corrected chi connectivity index (χ4v) is 8.65. The van der Waals surface area contributed by atoms with E-state index in [1.807, 2.05) is 35.2 Å². The van der Waals surface area contributed by atoms with Crippen LogP contribution in [0.5, 0.6) is 11.5 Å². The zero-order chi connectivity index (χ0) is 61.6. The van der Waals surface area contributed by atoms with E-state index in [2.05, 4.69) is 36.9 Å². The molecule has 1 aliphatic heterocycles. The monoisotopic (exact) mass is 1190 g/mol. The van der Waals surface area contributed by atoms with Crippen LogP contribution in [0.2, 0.25) is 0 Å². The molecule has 85 heavy (non-hydrogen) atoms. The number of aliphatic carboxylic acids is 3. The molecule has 0 saturated carbocycles. The normalized spacial score (nSPS) is 14.8. The van der Waals surface area contributed by atoms with E-state index < -0.39 is 47.7 Å². The minimum atomic E-state index is -1.04. The van der Waals surface area contributed by atoms with Crippen molar-refractivity contribution in [1.82, 2.24) is 51.5 Å². The average Bonchev–Trinajstić information content (AvgIpc) is 3.50. The maximum absolute atomic E-state index is 14.4. The number of nitrogens with one attached hydrogen (secondary N) is 6. The van der Waals surface area contributed by atoms with Gasteiger partial charge in [0.15, 0.2) is 5.96 Å². The van der Waals surface area contributed by atoms with Crippen molar-refractivity contribution in [3.8, 4) is 11.5 Å². The van der Waals surface area contributed by atoms with E-state index >= 15 is 0 Å². The molecule has 0 bridgehead atoms. The van der Waals surface area contributed by atoms with Crippen LogP contribution in [0, 0.1) is 0 Å². The quantitative estimate of drug-likeness (QED) is 0.0194. The zero-order valence-corrected chi connectivity index (χ0v) is 48.3. The molecule has 1 heterocycles. The van der Waals surface area contributed by atoms with Crippen LogP contribution < -0.4 is 42.4 Å². The Morgan fingerprint density at radius 1 is 0.553 bits per heavy atom. The van der Waals surface area contributed by atoms with Gasteiger partial charge >= 0.3 is 23.9 Å². The maximum Gasteiger partial charge on any atom is 0.344 e. The number of amides is 6. The molecule has 6 amide bonds. The number of hydrogen-bond acceptors (Lipinski definition) is 17. The predicted octanol–water partition coefficient (Wildman–Crippen LogP) is -0.734. The summed E-state index contributed by atoms with van der Waals surface area (Å²) in [5.41, 5.74) is 7.94. The number of benzene rings is 3. The van der Waals surface area contributed by atoms with Crippen molar-refractivity contribution in [1.29, 1.82) is 0 Å². The van der Waals surface area contributed by atoms with Crippen molar-refractivity contribution in [2.75, 3.05) is 151 Å². The molecule has 0 spiro atoms. The summed E-state index contributed by atoms with van der Waals surface area (Å²) in [5, 5.41) is 54.8. The summed E-state index contributed by atoms with van der Waals surface area (Å²) >= 11 is 0. The molecule has 1 aliphatic rings. The lowest BCUT2D eigenvalue weighted by Crippen LogP contribution is -2.50. The molecule has 468 valence electrons. The maximum atomic E-state index is 14.4. The third kappa shape index (κ3) is 30.4. The number of carboxylic acids is 3. The first-order valence-electron chi connectivity index (χ1n) is 28.3. The van der Waals surface area contributed by atoms with Crippen LogP contribution in [0.15, 0.2) is 83.9 Å². The molecule has 0 unspecified atom stereocenters. The molecule has 28 heteroatoms. The van der Waals surface area contributed by atoms with Crippen molar-refractivity contribution >= 4 is 53.5 Å². The lowest BCUT2D eigenvalue weighted by molar-refractivity contribution is -0.140. The second-order valence-corrected chi connectivity index (χ2v) is 19.7. The smallest absolute Gasteiger partial charge is 0.344 e. The van der Waals surface area contributed by atoms with Crippen molar-refractivity contribution in [3.05, 3.63) is 95.6 Å². The molecular formula is C57H84N12O16. The van der Waals surface area contributed by atoms with Gasteiger partial charge in [-0.05, 0) is 53.8 Å². The number of rotatable bonds is 36. The average molecular weight is 1190 g/mol. The van der Waals surface area contributed by atoms with E-state index in [-0.39, 0.29) is 161 Å². The standard InChI is InChI=1S/C57H84N12O16/c1-2-48(71)59-18-19-62-57(81)65-56(58)61-17-7-12-47(54(79)63-37-42-13-15-45(70)16-14-42)64-55(80)53(43-8-4-3-5-9-43)44-10-6-11-46(36-44)85-35-34-84-33-32-83-31-30-82-29-20-60-49(72)38-66-21-23-67(39-50(73)74)25-27-69(41-52(77)78)28-26-68(24-22-66)40-51(75)76/h3-6,8-11,13-16,36,47,53,70H,2,7,12,17-35,37-41H2,1H3,(H,59,71)(H,60,72)(H,63,79)(H,64,80)(H,73,74)(H,75,76)(H,77,78)(H4,58,61,62,65,81)/t47-,53+/m1/s1. The molecule has 1 saturated heterocycles. The number of nitrogens with two attached hydrogens (primary N) is 1. The summed E-state index contributed by atoms with van der Waals surface area (Å²) in [6.07, 6.45) is 0.825. The number of aromatic hydroxyl groups is 1. The predicted molar refractivity (Wildman–Crippen MR) is 312 cm³/mol. The number of nitrogens with zero attached hydrogens (tertiary/aromatic N) is 5. The molecule has 0 radical (unpaired) electrons. The van der Waals surface area contributed by atoms with E-state index in [0.717, 1.165) is 5.56 Å². The number of carbonyl (C=O) groups excluding carboxylic acids is 5. The summed E-state index contributed by atoms with van der Waals surface area (Å²) < 4.78 is 23.0. The Morgan fingerprint density at radius 2 is 1.07 bits per heavy atom. The fourth-order valence-electron chi connectivity index (χ4n) is 8.65. The highest BCUT2D eigenvalue weighted by Gasteiger charge is 2.29. The number of phenols is 1. The number of carbonyl (C=O) groups is 8.